The van der Waals surface area contributed by atoms with Gasteiger partial charge in [0.15, 0.2) is 0 Å². The van der Waals surface area contributed by atoms with Gasteiger partial charge in [0.2, 0.25) is 0 Å². The van der Waals surface area contributed by atoms with E-state index >= 15 is 0 Å². The first kappa shape index (κ1) is 17.2. The second-order valence-electron chi connectivity index (χ2n) is 5.33. The van der Waals surface area contributed by atoms with E-state index in [9.17, 15) is 9.59 Å². The number of benzene rings is 3. The summed E-state index contributed by atoms with van der Waals surface area (Å²) in [6, 6.07) is 21.6. The quantitative estimate of drug-likeness (QED) is 0.605. The highest BCUT2D eigenvalue weighted by Gasteiger charge is 2.14. The van der Waals surface area contributed by atoms with E-state index in [0.29, 0.717) is 11.3 Å². The number of nitrogens with one attached hydrogen (secondary N) is 1. The summed E-state index contributed by atoms with van der Waals surface area (Å²) in [5, 5.41) is 2.35. The summed E-state index contributed by atoms with van der Waals surface area (Å²) in [5.74, 6) is -0.263. The lowest BCUT2D eigenvalue weighted by Gasteiger charge is -2.11. The molecule has 3 nitrogen and oxygen atoms in total. The molecule has 0 heterocycles. The minimum atomic E-state index is -0.641. The predicted molar refractivity (Wildman–Crippen MR) is 101 cm³/mol. The van der Waals surface area contributed by atoms with E-state index in [1.165, 1.54) is 12.1 Å². The normalized spacial score (nSPS) is 10.3. The molecule has 0 fully saturated rings. The van der Waals surface area contributed by atoms with Crippen LogP contribution in [0.1, 0.15) is 20.7 Å². The Hall–Kier alpha value is -2.62. The Labute approximate surface area is 155 Å². The molecule has 1 amide bonds. The Bertz CT molecular complexity index is 939. The van der Waals surface area contributed by atoms with Crippen LogP contribution < -0.4 is 5.32 Å². The fourth-order valence-corrected chi connectivity index (χ4v) is 2.98. The molecule has 0 atom stereocenters. The Morgan fingerprint density at radius 3 is 2.16 bits per heavy atom. The molecule has 1 N–H and O–H groups in total. The van der Waals surface area contributed by atoms with Crippen molar-refractivity contribution in [3.05, 3.63) is 88.9 Å². The topological polar surface area (TPSA) is 46.2 Å². The first-order chi connectivity index (χ1) is 12.1. The molecule has 5 heteroatoms. The highest BCUT2D eigenvalue weighted by Crippen LogP contribution is 2.26. The highest BCUT2D eigenvalue weighted by molar-refractivity contribution is 6.68. The molecule has 3 aromatic rings. The maximum absolute atomic E-state index is 12.7. The average molecular weight is 370 g/mol. The van der Waals surface area contributed by atoms with Crippen molar-refractivity contribution in [2.75, 3.05) is 5.32 Å². The SMILES string of the molecule is O=C(Cl)c1ccc(NC(=O)c2ccccc2-c2ccccc2)cc1Cl. The van der Waals surface area contributed by atoms with Gasteiger partial charge >= 0.3 is 0 Å². The second-order valence-corrected chi connectivity index (χ2v) is 6.08. The van der Waals surface area contributed by atoms with Gasteiger partial charge in [-0.2, -0.15) is 0 Å². The third kappa shape index (κ3) is 3.90. The molecule has 0 aliphatic rings. The Morgan fingerprint density at radius 2 is 1.48 bits per heavy atom. The minimum absolute atomic E-state index is 0.189. The molecular formula is C20H13Cl2NO2. The minimum Gasteiger partial charge on any atom is -0.322 e. The Morgan fingerprint density at radius 1 is 0.800 bits per heavy atom. The van der Waals surface area contributed by atoms with Gasteiger partial charge in [-0.1, -0.05) is 60.1 Å². The van der Waals surface area contributed by atoms with Crippen molar-refractivity contribution < 1.29 is 9.59 Å². The number of carbonyl (C=O) groups excluding carboxylic acids is 2. The van der Waals surface area contributed by atoms with Crippen LogP contribution >= 0.6 is 23.2 Å². The number of rotatable bonds is 4. The second kappa shape index (κ2) is 7.51. The molecule has 0 aromatic heterocycles. The van der Waals surface area contributed by atoms with Gasteiger partial charge in [0.05, 0.1) is 10.6 Å². The number of hydrogen-bond acceptors (Lipinski definition) is 2. The zero-order valence-electron chi connectivity index (χ0n) is 13.0. The van der Waals surface area contributed by atoms with E-state index in [-0.39, 0.29) is 16.5 Å². The number of carbonyl (C=O) groups is 2. The van der Waals surface area contributed by atoms with E-state index in [2.05, 4.69) is 5.32 Å². The molecule has 0 aliphatic heterocycles. The molecule has 0 bridgehead atoms. The van der Waals surface area contributed by atoms with Crippen molar-refractivity contribution >= 4 is 40.0 Å². The summed E-state index contributed by atoms with van der Waals surface area (Å²) in [7, 11) is 0. The van der Waals surface area contributed by atoms with Gasteiger partial charge < -0.3 is 5.32 Å². The molecule has 0 radical (unpaired) electrons. The van der Waals surface area contributed by atoms with Crippen molar-refractivity contribution in [1.82, 2.24) is 0 Å². The van der Waals surface area contributed by atoms with Crippen LogP contribution in [0, 0.1) is 0 Å². The van der Waals surface area contributed by atoms with E-state index in [0.717, 1.165) is 11.1 Å². The van der Waals surface area contributed by atoms with Crippen LogP contribution in [-0.2, 0) is 0 Å². The summed E-state index contributed by atoms with van der Waals surface area (Å²) in [4.78, 5) is 23.9. The van der Waals surface area contributed by atoms with E-state index in [1.54, 1.807) is 12.1 Å². The number of halogens is 2. The zero-order valence-corrected chi connectivity index (χ0v) is 14.5. The molecule has 3 aromatic carbocycles. The van der Waals surface area contributed by atoms with Crippen LogP contribution in [0.2, 0.25) is 5.02 Å². The number of amides is 1. The van der Waals surface area contributed by atoms with Crippen LogP contribution in [0.25, 0.3) is 11.1 Å². The standard InChI is InChI=1S/C20H13Cl2NO2/c21-18-12-14(10-11-17(18)19(22)24)23-20(25)16-9-5-4-8-15(16)13-6-2-1-3-7-13/h1-12H,(H,23,25). The van der Waals surface area contributed by atoms with Gasteiger partial charge in [-0.3, -0.25) is 9.59 Å². The van der Waals surface area contributed by atoms with Crippen LogP contribution in [0.15, 0.2) is 72.8 Å². The molecule has 0 saturated heterocycles. The van der Waals surface area contributed by atoms with Crippen LogP contribution in [-0.4, -0.2) is 11.1 Å². The smallest absolute Gasteiger partial charge is 0.256 e. The summed E-state index contributed by atoms with van der Waals surface area (Å²) in [5.41, 5.74) is 3.02. The van der Waals surface area contributed by atoms with Crippen LogP contribution in [0.5, 0.6) is 0 Å². The summed E-state index contributed by atoms with van der Waals surface area (Å²) < 4.78 is 0. The maximum Gasteiger partial charge on any atom is 0.256 e. The molecule has 25 heavy (non-hydrogen) atoms. The van der Waals surface area contributed by atoms with Crippen molar-refractivity contribution in [1.29, 1.82) is 0 Å². The van der Waals surface area contributed by atoms with Crippen molar-refractivity contribution in [2.24, 2.45) is 0 Å². The summed E-state index contributed by atoms with van der Waals surface area (Å²) in [6.07, 6.45) is 0. The van der Waals surface area contributed by atoms with Gasteiger partial charge in [0.25, 0.3) is 11.1 Å². The fraction of sp³-hybridized carbons (Fsp3) is 0. The van der Waals surface area contributed by atoms with Gasteiger partial charge in [0.1, 0.15) is 0 Å². The summed E-state index contributed by atoms with van der Waals surface area (Å²) in [6.45, 7) is 0. The Kier molecular flexibility index (Phi) is 5.17. The zero-order chi connectivity index (χ0) is 17.8. The average Bonchev–Trinajstić information content (AvgIpc) is 2.62. The van der Waals surface area contributed by atoms with Gasteiger partial charge in [-0.05, 0) is 47.0 Å². The van der Waals surface area contributed by atoms with E-state index in [4.69, 9.17) is 23.2 Å². The number of anilines is 1. The van der Waals surface area contributed by atoms with Crippen LogP contribution in [0.3, 0.4) is 0 Å². The van der Waals surface area contributed by atoms with Crippen molar-refractivity contribution in [3.8, 4) is 11.1 Å². The predicted octanol–water partition coefficient (Wildman–Crippen LogP) is 5.64. The molecule has 0 spiro atoms. The first-order valence-corrected chi connectivity index (χ1v) is 8.27. The largest absolute Gasteiger partial charge is 0.322 e. The lowest BCUT2D eigenvalue weighted by Crippen LogP contribution is -2.13. The highest BCUT2D eigenvalue weighted by atomic mass is 35.5. The van der Waals surface area contributed by atoms with Crippen molar-refractivity contribution in [3.63, 3.8) is 0 Å². The van der Waals surface area contributed by atoms with Crippen LogP contribution in [0.4, 0.5) is 5.69 Å². The summed E-state index contributed by atoms with van der Waals surface area (Å²) >= 11 is 11.5. The van der Waals surface area contributed by atoms with Gasteiger partial charge in [-0.15, -0.1) is 0 Å². The first-order valence-electron chi connectivity index (χ1n) is 7.51. The molecule has 0 aliphatic carbocycles. The maximum atomic E-state index is 12.7. The van der Waals surface area contributed by atoms with Gasteiger partial charge in [0, 0.05) is 11.3 Å². The lowest BCUT2D eigenvalue weighted by molar-refractivity contribution is 0.102. The van der Waals surface area contributed by atoms with E-state index < -0.39 is 5.24 Å². The molecule has 3 rings (SSSR count). The molecule has 124 valence electrons. The Balaban J connectivity index is 1.90. The van der Waals surface area contributed by atoms with E-state index in [1.807, 2.05) is 48.5 Å². The van der Waals surface area contributed by atoms with Gasteiger partial charge in [-0.25, -0.2) is 0 Å². The monoisotopic (exact) mass is 369 g/mol. The molecule has 0 saturated carbocycles. The fourth-order valence-electron chi connectivity index (χ4n) is 2.50. The third-order valence-electron chi connectivity index (χ3n) is 3.70. The molecular weight excluding hydrogens is 357 g/mol. The lowest BCUT2D eigenvalue weighted by atomic mass is 9.99. The third-order valence-corrected chi connectivity index (χ3v) is 4.21. The number of hydrogen-bond donors (Lipinski definition) is 1. The molecule has 0 unspecified atom stereocenters. The van der Waals surface area contributed by atoms with Crippen molar-refractivity contribution in [2.45, 2.75) is 0 Å².